The van der Waals surface area contributed by atoms with Crippen molar-refractivity contribution in [3.63, 3.8) is 0 Å². The predicted octanol–water partition coefficient (Wildman–Crippen LogP) is 4.46. The van der Waals surface area contributed by atoms with Gasteiger partial charge in [0.25, 0.3) is 0 Å². The van der Waals surface area contributed by atoms with Gasteiger partial charge in [0.2, 0.25) is 0 Å². The van der Waals surface area contributed by atoms with Crippen LogP contribution in [0, 0.1) is 10.8 Å². The second kappa shape index (κ2) is 5.34. The highest BCUT2D eigenvalue weighted by Crippen LogP contribution is 2.40. The van der Waals surface area contributed by atoms with Gasteiger partial charge in [0.15, 0.2) is 0 Å². The van der Waals surface area contributed by atoms with E-state index in [1.54, 1.807) is 0 Å². The van der Waals surface area contributed by atoms with Crippen LogP contribution in [0.5, 0.6) is 0 Å². The van der Waals surface area contributed by atoms with Gasteiger partial charge in [0, 0.05) is 13.1 Å². The maximum absolute atomic E-state index is 12.2. The molecule has 0 aromatic rings. The Kier molecular flexibility index (Phi) is 4.58. The number of amides is 1. The summed E-state index contributed by atoms with van der Waals surface area (Å²) in [7, 11) is 0. The molecule has 0 saturated carbocycles. The number of ether oxygens (including phenoxy) is 1. The molecule has 1 saturated heterocycles. The summed E-state index contributed by atoms with van der Waals surface area (Å²) in [5, 5.41) is 0. The molecule has 1 rings (SSSR count). The number of hydrogen-bond donors (Lipinski definition) is 0. The van der Waals surface area contributed by atoms with Crippen LogP contribution in [0.1, 0.15) is 67.7 Å². The van der Waals surface area contributed by atoms with E-state index < -0.39 is 5.60 Å². The molecule has 1 unspecified atom stereocenters. The smallest absolute Gasteiger partial charge is 0.410 e. The zero-order valence-electron chi connectivity index (χ0n) is 13.8. The van der Waals surface area contributed by atoms with Crippen LogP contribution in [0.4, 0.5) is 4.79 Å². The molecule has 1 amide bonds. The zero-order valence-corrected chi connectivity index (χ0v) is 13.8. The lowest BCUT2D eigenvalue weighted by Crippen LogP contribution is -2.47. The van der Waals surface area contributed by atoms with E-state index in [-0.39, 0.29) is 11.5 Å². The van der Waals surface area contributed by atoms with Gasteiger partial charge in [-0.3, -0.25) is 0 Å². The van der Waals surface area contributed by atoms with Crippen molar-refractivity contribution < 1.29 is 9.53 Å². The van der Waals surface area contributed by atoms with Crippen LogP contribution < -0.4 is 0 Å². The average molecular weight is 269 g/mol. The Labute approximate surface area is 118 Å². The Bertz CT molecular complexity index is 325. The highest BCUT2D eigenvalue weighted by Gasteiger charge is 2.37. The van der Waals surface area contributed by atoms with Crippen molar-refractivity contribution in [2.75, 3.05) is 13.1 Å². The number of carbonyl (C=O) groups is 1. The van der Waals surface area contributed by atoms with Crippen molar-refractivity contribution in [3.05, 3.63) is 0 Å². The van der Waals surface area contributed by atoms with Gasteiger partial charge in [-0.15, -0.1) is 0 Å². The Hall–Kier alpha value is -0.730. The number of rotatable bonds is 1. The van der Waals surface area contributed by atoms with E-state index in [2.05, 4.69) is 27.7 Å². The summed E-state index contributed by atoms with van der Waals surface area (Å²) in [6.07, 6.45) is 3.25. The molecule has 3 nitrogen and oxygen atoms in total. The first kappa shape index (κ1) is 16.3. The first-order chi connectivity index (χ1) is 8.40. The first-order valence-corrected chi connectivity index (χ1v) is 7.38. The van der Waals surface area contributed by atoms with Crippen LogP contribution in [0.15, 0.2) is 0 Å². The molecule has 1 heterocycles. The van der Waals surface area contributed by atoms with Crippen LogP contribution in [0.3, 0.4) is 0 Å². The minimum absolute atomic E-state index is 0.160. The quantitative estimate of drug-likeness (QED) is 0.703. The zero-order chi connectivity index (χ0) is 14.9. The summed E-state index contributed by atoms with van der Waals surface area (Å²) < 4.78 is 5.49. The van der Waals surface area contributed by atoms with Gasteiger partial charge >= 0.3 is 6.09 Å². The molecule has 1 aliphatic rings. The van der Waals surface area contributed by atoms with E-state index in [1.807, 2.05) is 25.7 Å². The van der Waals surface area contributed by atoms with E-state index in [0.717, 1.165) is 25.9 Å². The number of likely N-dealkylation sites (tertiary alicyclic amines) is 1. The SMILES string of the molecule is CC(C)(C)CC1(C)CCCN(C(=O)OC(C)(C)C)C1. The van der Waals surface area contributed by atoms with Crippen LogP contribution in [0.2, 0.25) is 0 Å². The fraction of sp³-hybridized carbons (Fsp3) is 0.938. The Morgan fingerprint density at radius 2 is 1.79 bits per heavy atom. The van der Waals surface area contributed by atoms with Crippen LogP contribution >= 0.6 is 0 Å². The predicted molar refractivity (Wildman–Crippen MR) is 79.2 cm³/mol. The summed E-state index contributed by atoms with van der Waals surface area (Å²) in [6.45, 7) is 16.5. The maximum Gasteiger partial charge on any atom is 0.410 e. The first-order valence-electron chi connectivity index (χ1n) is 7.38. The monoisotopic (exact) mass is 269 g/mol. The third-order valence-electron chi connectivity index (χ3n) is 3.39. The van der Waals surface area contributed by atoms with Gasteiger partial charge in [-0.1, -0.05) is 27.7 Å². The lowest BCUT2D eigenvalue weighted by Gasteiger charge is -2.43. The molecule has 0 bridgehead atoms. The van der Waals surface area contributed by atoms with Gasteiger partial charge in [0.05, 0.1) is 0 Å². The molecule has 0 aromatic heterocycles. The lowest BCUT2D eigenvalue weighted by atomic mass is 9.71. The van der Waals surface area contributed by atoms with Gasteiger partial charge in [-0.05, 0) is 50.9 Å². The van der Waals surface area contributed by atoms with Crippen LogP contribution in [0.25, 0.3) is 0 Å². The Morgan fingerprint density at radius 3 is 2.26 bits per heavy atom. The molecule has 112 valence electrons. The molecule has 0 aliphatic carbocycles. The second-order valence-electron chi connectivity index (χ2n) is 8.55. The second-order valence-corrected chi connectivity index (χ2v) is 8.55. The fourth-order valence-corrected chi connectivity index (χ4v) is 3.22. The molecule has 0 spiro atoms. The summed E-state index contributed by atoms with van der Waals surface area (Å²) in [4.78, 5) is 14.1. The number of carbonyl (C=O) groups excluding carboxylic acids is 1. The van der Waals surface area contributed by atoms with E-state index in [0.29, 0.717) is 5.41 Å². The molecular formula is C16H31NO2. The lowest BCUT2D eigenvalue weighted by molar-refractivity contribution is 0.000118. The molecule has 0 aromatic carbocycles. The highest BCUT2D eigenvalue weighted by molar-refractivity contribution is 5.68. The van der Waals surface area contributed by atoms with Crippen molar-refractivity contribution in [3.8, 4) is 0 Å². The van der Waals surface area contributed by atoms with E-state index >= 15 is 0 Å². The number of hydrogen-bond acceptors (Lipinski definition) is 2. The van der Waals surface area contributed by atoms with Gasteiger partial charge in [-0.25, -0.2) is 4.79 Å². The average Bonchev–Trinajstić information content (AvgIpc) is 2.10. The fourth-order valence-electron chi connectivity index (χ4n) is 3.22. The summed E-state index contributed by atoms with van der Waals surface area (Å²) in [5.41, 5.74) is 0.105. The molecule has 0 radical (unpaired) electrons. The molecule has 0 N–H and O–H groups in total. The normalized spacial score (nSPS) is 25.3. The standard InChI is InChI=1S/C16H31NO2/c1-14(2,3)11-16(7)9-8-10-17(12-16)13(18)19-15(4,5)6/h8-12H2,1-7H3. The molecule has 1 fully saturated rings. The third kappa shape index (κ3) is 5.84. The highest BCUT2D eigenvalue weighted by atomic mass is 16.6. The molecule has 1 atom stereocenters. The third-order valence-corrected chi connectivity index (χ3v) is 3.39. The van der Waals surface area contributed by atoms with Crippen molar-refractivity contribution in [2.45, 2.75) is 73.3 Å². The number of piperidine rings is 1. The van der Waals surface area contributed by atoms with Crippen LogP contribution in [-0.2, 0) is 4.74 Å². The topological polar surface area (TPSA) is 29.5 Å². The van der Waals surface area contributed by atoms with Crippen LogP contribution in [-0.4, -0.2) is 29.7 Å². The van der Waals surface area contributed by atoms with Crippen molar-refractivity contribution in [2.24, 2.45) is 10.8 Å². The van der Waals surface area contributed by atoms with E-state index in [9.17, 15) is 4.79 Å². The largest absolute Gasteiger partial charge is 0.444 e. The van der Waals surface area contributed by atoms with E-state index in [1.165, 1.54) is 6.42 Å². The molecular weight excluding hydrogens is 238 g/mol. The Morgan fingerprint density at radius 1 is 1.21 bits per heavy atom. The number of nitrogens with zero attached hydrogens (tertiary/aromatic N) is 1. The Balaban J connectivity index is 2.66. The molecule has 1 aliphatic heterocycles. The minimum atomic E-state index is -0.408. The van der Waals surface area contributed by atoms with Gasteiger partial charge in [0.1, 0.15) is 5.60 Å². The van der Waals surface area contributed by atoms with Crippen molar-refractivity contribution in [1.29, 1.82) is 0 Å². The van der Waals surface area contributed by atoms with Crippen molar-refractivity contribution in [1.82, 2.24) is 4.90 Å². The molecule has 3 heteroatoms. The maximum atomic E-state index is 12.2. The van der Waals surface area contributed by atoms with Gasteiger partial charge < -0.3 is 9.64 Å². The summed E-state index contributed by atoms with van der Waals surface area (Å²) in [5.74, 6) is 0. The minimum Gasteiger partial charge on any atom is -0.444 e. The molecule has 19 heavy (non-hydrogen) atoms. The van der Waals surface area contributed by atoms with E-state index in [4.69, 9.17) is 4.74 Å². The summed E-state index contributed by atoms with van der Waals surface area (Å²) >= 11 is 0. The van der Waals surface area contributed by atoms with Crippen molar-refractivity contribution >= 4 is 6.09 Å². The summed E-state index contributed by atoms with van der Waals surface area (Å²) in [6, 6.07) is 0. The van der Waals surface area contributed by atoms with Gasteiger partial charge in [-0.2, -0.15) is 0 Å².